The van der Waals surface area contributed by atoms with Gasteiger partial charge in [-0.05, 0) is 24.0 Å². The summed E-state index contributed by atoms with van der Waals surface area (Å²) in [5.41, 5.74) is 5.37. The molecule has 100 valence electrons. The van der Waals surface area contributed by atoms with E-state index >= 15 is 0 Å². The lowest BCUT2D eigenvalue weighted by Crippen LogP contribution is -2.20. The van der Waals surface area contributed by atoms with Gasteiger partial charge in [0, 0.05) is 43.6 Å². The Morgan fingerprint density at radius 3 is 3.21 bits per heavy atom. The maximum absolute atomic E-state index is 4.02. The van der Waals surface area contributed by atoms with Crippen molar-refractivity contribution in [2.75, 3.05) is 18.4 Å². The summed E-state index contributed by atoms with van der Waals surface area (Å²) >= 11 is 0. The van der Waals surface area contributed by atoms with E-state index < -0.39 is 0 Å². The van der Waals surface area contributed by atoms with Gasteiger partial charge in [-0.25, -0.2) is 4.98 Å². The molecule has 0 spiro atoms. The van der Waals surface area contributed by atoms with Gasteiger partial charge in [0.15, 0.2) is 0 Å². The highest BCUT2D eigenvalue weighted by Crippen LogP contribution is 2.25. The molecule has 1 aliphatic rings. The van der Waals surface area contributed by atoms with E-state index in [1.54, 1.807) is 6.33 Å². The van der Waals surface area contributed by atoms with Crippen LogP contribution in [-0.4, -0.2) is 23.1 Å². The van der Waals surface area contributed by atoms with Crippen molar-refractivity contribution >= 4 is 5.69 Å². The quantitative estimate of drug-likeness (QED) is 0.718. The number of aromatic amines is 1. The molecule has 3 rings (SSSR count). The molecule has 0 saturated carbocycles. The molecule has 19 heavy (non-hydrogen) atoms. The third-order valence-electron chi connectivity index (χ3n) is 3.60. The molecular weight excluding hydrogens is 236 g/mol. The molecule has 1 aromatic carbocycles. The standard InChI is InChI=1S/C15H20N4/c1-3-12-5-2-7-18-15(12)13(4-1)9-16-8-6-14-10-17-11-19-14/h1,3-4,10-11,16,18H,2,5-9H2,(H,17,19). The number of fused-ring (bicyclic) bond motifs is 1. The molecule has 1 aliphatic heterocycles. The molecule has 4 nitrogen and oxygen atoms in total. The Labute approximate surface area is 113 Å². The molecule has 0 fully saturated rings. The SMILES string of the molecule is c1cc2c(c(CNCCc3cnc[nH]3)c1)NCCC2. The Morgan fingerprint density at radius 1 is 1.32 bits per heavy atom. The molecule has 3 N–H and O–H groups in total. The number of imidazole rings is 1. The highest BCUT2D eigenvalue weighted by atomic mass is 14.9. The number of aryl methyl sites for hydroxylation is 1. The zero-order valence-corrected chi connectivity index (χ0v) is 11.1. The monoisotopic (exact) mass is 256 g/mol. The van der Waals surface area contributed by atoms with E-state index in [1.807, 2.05) is 6.20 Å². The largest absolute Gasteiger partial charge is 0.385 e. The zero-order chi connectivity index (χ0) is 12.9. The van der Waals surface area contributed by atoms with Crippen LogP contribution in [0, 0.1) is 0 Å². The first-order valence-electron chi connectivity index (χ1n) is 6.96. The minimum Gasteiger partial charge on any atom is -0.385 e. The number of nitrogens with zero attached hydrogens (tertiary/aromatic N) is 1. The summed E-state index contributed by atoms with van der Waals surface area (Å²) in [5.74, 6) is 0. The van der Waals surface area contributed by atoms with Crippen LogP contribution in [-0.2, 0) is 19.4 Å². The van der Waals surface area contributed by atoms with Gasteiger partial charge in [-0.15, -0.1) is 0 Å². The van der Waals surface area contributed by atoms with E-state index in [9.17, 15) is 0 Å². The molecule has 2 aromatic rings. The number of rotatable bonds is 5. The summed E-state index contributed by atoms with van der Waals surface area (Å²) in [6.45, 7) is 2.98. The molecule has 0 saturated heterocycles. The highest BCUT2D eigenvalue weighted by Gasteiger charge is 2.11. The summed E-state index contributed by atoms with van der Waals surface area (Å²) in [4.78, 5) is 7.15. The van der Waals surface area contributed by atoms with Crippen LogP contribution in [0.15, 0.2) is 30.7 Å². The van der Waals surface area contributed by atoms with Crippen LogP contribution in [0.3, 0.4) is 0 Å². The zero-order valence-electron chi connectivity index (χ0n) is 11.1. The number of H-pyrrole nitrogens is 1. The maximum atomic E-state index is 4.02. The third-order valence-corrected chi connectivity index (χ3v) is 3.60. The molecule has 0 radical (unpaired) electrons. The van der Waals surface area contributed by atoms with Gasteiger partial charge in [0.1, 0.15) is 0 Å². The number of anilines is 1. The van der Waals surface area contributed by atoms with E-state index in [0.29, 0.717) is 0 Å². The van der Waals surface area contributed by atoms with E-state index in [1.165, 1.54) is 35.3 Å². The normalized spacial score (nSPS) is 13.9. The topological polar surface area (TPSA) is 52.7 Å². The number of hydrogen-bond donors (Lipinski definition) is 3. The van der Waals surface area contributed by atoms with Crippen molar-refractivity contribution in [2.24, 2.45) is 0 Å². The predicted octanol–water partition coefficient (Wildman–Crippen LogP) is 2.10. The maximum Gasteiger partial charge on any atom is 0.0921 e. The molecule has 1 aromatic heterocycles. The summed E-state index contributed by atoms with van der Waals surface area (Å²) in [6.07, 6.45) is 7.04. The lowest BCUT2D eigenvalue weighted by atomic mass is 9.99. The molecule has 2 heterocycles. The second-order valence-electron chi connectivity index (χ2n) is 4.99. The Bertz CT molecular complexity index is 519. The Morgan fingerprint density at radius 2 is 2.32 bits per heavy atom. The van der Waals surface area contributed by atoms with Crippen LogP contribution < -0.4 is 10.6 Å². The van der Waals surface area contributed by atoms with Crippen LogP contribution in [0.5, 0.6) is 0 Å². The van der Waals surface area contributed by atoms with Gasteiger partial charge >= 0.3 is 0 Å². The first kappa shape index (κ1) is 12.2. The second kappa shape index (κ2) is 5.89. The summed E-state index contributed by atoms with van der Waals surface area (Å²) in [6, 6.07) is 6.60. The minimum atomic E-state index is 0.921. The number of nitrogens with one attached hydrogen (secondary N) is 3. The minimum absolute atomic E-state index is 0.921. The Kier molecular flexibility index (Phi) is 3.79. The highest BCUT2D eigenvalue weighted by molar-refractivity contribution is 5.59. The molecule has 0 bridgehead atoms. The first-order chi connectivity index (χ1) is 9.43. The van der Waals surface area contributed by atoms with Crippen LogP contribution >= 0.6 is 0 Å². The van der Waals surface area contributed by atoms with Crippen molar-refractivity contribution in [3.8, 4) is 0 Å². The Hall–Kier alpha value is -1.81. The molecule has 0 amide bonds. The molecule has 0 aliphatic carbocycles. The average Bonchev–Trinajstić information content (AvgIpc) is 2.97. The van der Waals surface area contributed by atoms with Gasteiger partial charge in [0.25, 0.3) is 0 Å². The van der Waals surface area contributed by atoms with Gasteiger partial charge < -0.3 is 15.6 Å². The third kappa shape index (κ3) is 2.96. The van der Waals surface area contributed by atoms with Gasteiger partial charge in [0.05, 0.1) is 6.33 Å². The van der Waals surface area contributed by atoms with Gasteiger partial charge in [0.2, 0.25) is 0 Å². The van der Waals surface area contributed by atoms with Crippen molar-refractivity contribution in [2.45, 2.75) is 25.8 Å². The van der Waals surface area contributed by atoms with Crippen molar-refractivity contribution in [1.82, 2.24) is 15.3 Å². The smallest absolute Gasteiger partial charge is 0.0921 e. The fourth-order valence-electron chi connectivity index (χ4n) is 2.60. The summed E-state index contributed by atoms with van der Waals surface area (Å²) < 4.78 is 0. The lowest BCUT2D eigenvalue weighted by Gasteiger charge is -2.21. The van der Waals surface area contributed by atoms with E-state index in [0.717, 1.165) is 26.1 Å². The van der Waals surface area contributed by atoms with E-state index in [-0.39, 0.29) is 0 Å². The van der Waals surface area contributed by atoms with Gasteiger partial charge in [-0.1, -0.05) is 18.2 Å². The molecular formula is C15H20N4. The van der Waals surface area contributed by atoms with Crippen LogP contribution in [0.2, 0.25) is 0 Å². The number of para-hydroxylation sites is 1. The van der Waals surface area contributed by atoms with Crippen molar-refractivity contribution in [3.63, 3.8) is 0 Å². The van der Waals surface area contributed by atoms with Crippen LogP contribution in [0.25, 0.3) is 0 Å². The Balaban J connectivity index is 1.55. The second-order valence-corrected chi connectivity index (χ2v) is 4.99. The van der Waals surface area contributed by atoms with Crippen LogP contribution in [0.4, 0.5) is 5.69 Å². The fourth-order valence-corrected chi connectivity index (χ4v) is 2.60. The number of benzene rings is 1. The molecule has 0 atom stereocenters. The number of aromatic nitrogens is 2. The molecule has 0 unspecified atom stereocenters. The summed E-state index contributed by atoms with van der Waals surface area (Å²) in [5, 5.41) is 7.03. The van der Waals surface area contributed by atoms with E-state index in [4.69, 9.17) is 0 Å². The first-order valence-corrected chi connectivity index (χ1v) is 6.96. The molecule has 4 heteroatoms. The van der Waals surface area contributed by atoms with Crippen molar-refractivity contribution < 1.29 is 0 Å². The van der Waals surface area contributed by atoms with Crippen molar-refractivity contribution in [1.29, 1.82) is 0 Å². The fraction of sp³-hybridized carbons (Fsp3) is 0.400. The summed E-state index contributed by atoms with van der Waals surface area (Å²) in [7, 11) is 0. The van der Waals surface area contributed by atoms with Crippen LogP contribution in [0.1, 0.15) is 23.2 Å². The van der Waals surface area contributed by atoms with E-state index in [2.05, 4.69) is 38.8 Å². The predicted molar refractivity (Wildman–Crippen MR) is 77.3 cm³/mol. The number of hydrogen-bond acceptors (Lipinski definition) is 3. The lowest BCUT2D eigenvalue weighted by molar-refractivity contribution is 0.679. The van der Waals surface area contributed by atoms with Gasteiger partial charge in [-0.3, -0.25) is 0 Å². The van der Waals surface area contributed by atoms with Gasteiger partial charge in [-0.2, -0.15) is 0 Å². The average molecular weight is 256 g/mol. The van der Waals surface area contributed by atoms with Crippen molar-refractivity contribution in [3.05, 3.63) is 47.5 Å².